The first-order valence-corrected chi connectivity index (χ1v) is 9.85. The van der Waals surface area contributed by atoms with Gasteiger partial charge in [0.15, 0.2) is 11.6 Å². The molecule has 2 aliphatic rings. The fraction of sp³-hybridized carbons (Fsp3) is 0.476. The molecule has 148 valence electrons. The molecule has 1 aromatic carbocycles. The molecule has 0 aliphatic carbocycles. The van der Waals surface area contributed by atoms with Gasteiger partial charge in [-0.2, -0.15) is 0 Å². The molecule has 4 rings (SSSR count). The molecule has 0 saturated carbocycles. The van der Waals surface area contributed by atoms with Crippen LogP contribution in [0.3, 0.4) is 0 Å². The van der Waals surface area contributed by atoms with Gasteiger partial charge in [0.05, 0.1) is 5.56 Å². The minimum Gasteiger partial charge on any atom is -0.445 e. The second-order valence-corrected chi connectivity index (χ2v) is 7.50. The van der Waals surface area contributed by atoms with Gasteiger partial charge >= 0.3 is 0 Å². The van der Waals surface area contributed by atoms with Gasteiger partial charge in [0.2, 0.25) is 0 Å². The lowest BCUT2D eigenvalue weighted by atomic mass is 9.96. The van der Waals surface area contributed by atoms with Crippen molar-refractivity contribution < 1.29 is 18.4 Å². The molecule has 28 heavy (non-hydrogen) atoms. The minimum absolute atomic E-state index is 0.0582. The van der Waals surface area contributed by atoms with Gasteiger partial charge in [0, 0.05) is 32.1 Å². The summed E-state index contributed by atoms with van der Waals surface area (Å²) in [5, 5.41) is 0. The highest BCUT2D eigenvalue weighted by Crippen LogP contribution is 2.30. The molecule has 1 aromatic heterocycles. The van der Waals surface area contributed by atoms with Crippen LogP contribution < -0.4 is 0 Å². The zero-order valence-corrected chi connectivity index (χ0v) is 16.0. The molecule has 0 atom stereocenters. The van der Waals surface area contributed by atoms with Crippen molar-refractivity contribution in [3.8, 4) is 0 Å². The Kier molecular flexibility index (Phi) is 5.15. The van der Waals surface area contributed by atoms with E-state index < -0.39 is 5.82 Å². The minimum atomic E-state index is -0.497. The number of carbonyl (C=O) groups excluding carboxylic acids is 2. The Labute approximate surface area is 163 Å². The smallest absolute Gasteiger partial charge is 0.276 e. The van der Waals surface area contributed by atoms with Gasteiger partial charge in [-0.15, -0.1) is 0 Å². The van der Waals surface area contributed by atoms with E-state index in [0.717, 1.165) is 25.9 Å². The first kappa shape index (κ1) is 18.7. The molecule has 2 aromatic rings. The van der Waals surface area contributed by atoms with E-state index in [9.17, 15) is 14.0 Å². The maximum atomic E-state index is 13.9. The molecule has 6 nitrogen and oxygen atoms in total. The van der Waals surface area contributed by atoms with Crippen molar-refractivity contribution >= 4 is 11.8 Å². The lowest BCUT2D eigenvalue weighted by molar-refractivity contribution is 0.0701. The molecule has 0 unspecified atom stereocenters. The molecule has 0 radical (unpaired) electrons. The highest BCUT2D eigenvalue weighted by Gasteiger charge is 2.31. The lowest BCUT2D eigenvalue weighted by Crippen LogP contribution is -2.38. The van der Waals surface area contributed by atoms with Crippen molar-refractivity contribution in [2.24, 2.45) is 0 Å². The number of halogens is 1. The van der Waals surface area contributed by atoms with Gasteiger partial charge in [-0.05, 0) is 44.7 Å². The Hall–Kier alpha value is -2.70. The normalized spacial score (nSPS) is 17.9. The van der Waals surface area contributed by atoms with E-state index in [0.29, 0.717) is 43.3 Å². The first-order chi connectivity index (χ1) is 13.5. The number of benzene rings is 1. The second kappa shape index (κ2) is 7.73. The predicted molar refractivity (Wildman–Crippen MR) is 101 cm³/mol. The van der Waals surface area contributed by atoms with E-state index in [4.69, 9.17) is 4.42 Å². The number of hydrogen-bond acceptors (Lipinski definition) is 4. The van der Waals surface area contributed by atoms with Crippen molar-refractivity contribution in [2.75, 3.05) is 26.2 Å². The Morgan fingerprint density at radius 2 is 1.68 bits per heavy atom. The highest BCUT2D eigenvalue weighted by atomic mass is 19.1. The molecular weight excluding hydrogens is 361 g/mol. The van der Waals surface area contributed by atoms with Gasteiger partial charge in [0.25, 0.3) is 11.8 Å². The molecule has 0 bridgehead atoms. The summed E-state index contributed by atoms with van der Waals surface area (Å²) >= 11 is 0. The topological polar surface area (TPSA) is 66.7 Å². The van der Waals surface area contributed by atoms with Gasteiger partial charge in [0.1, 0.15) is 11.6 Å². The Bertz CT molecular complexity index is 881. The third-order valence-electron chi connectivity index (χ3n) is 5.64. The van der Waals surface area contributed by atoms with Crippen LogP contribution in [0.15, 0.2) is 28.7 Å². The summed E-state index contributed by atoms with van der Waals surface area (Å²) < 4.78 is 19.7. The summed E-state index contributed by atoms with van der Waals surface area (Å²) in [4.78, 5) is 33.2. The van der Waals surface area contributed by atoms with Crippen LogP contribution in [0.2, 0.25) is 0 Å². The number of carbonyl (C=O) groups is 2. The summed E-state index contributed by atoms with van der Waals surface area (Å²) in [6.45, 7) is 4.34. The lowest BCUT2D eigenvalue weighted by Gasteiger charge is -2.30. The average Bonchev–Trinajstić information content (AvgIpc) is 3.37. The largest absolute Gasteiger partial charge is 0.445 e. The SMILES string of the molecule is Cc1oc(C2CCN(C(=O)c3ccccc3F)CC2)nc1C(=O)N1CCCC1. The summed E-state index contributed by atoms with van der Waals surface area (Å²) in [6, 6.07) is 6.05. The van der Waals surface area contributed by atoms with Crippen molar-refractivity contribution in [3.05, 3.63) is 53.0 Å². The number of aryl methyl sites for hydroxylation is 1. The zero-order chi connectivity index (χ0) is 19.7. The van der Waals surface area contributed by atoms with Crippen molar-refractivity contribution in [3.63, 3.8) is 0 Å². The number of piperidine rings is 1. The fourth-order valence-electron chi connectivity index (χ4n) is 3.99. The Morgan fingerprint density at radius 1 is 1.04 bits per heavy atom. The van der Waals surface area contributed by atoms with Crippen LogP contribution in [-0.4, -0.2) is 52.8 Å². The van der Waals surface area contributed by atoms with Gasteiger partial charge in [-0.25, -0.2) is 9.37 Å². The standard InChI is InChI=1S/C21H24FN3O3/c1-14-18(21(27)24-10-4-5-11-24)23-19(28-14)15-8-12-25(13-9-15)20(26)16-6-2-3-7-17(16)22/h2-3,6-7,15H,4-5,8-13H2,1H3. The van der Waals surface area contributed by atoms with Crippen LogP contribution in [0, 0.1) is 12.7 Å². The zero-order valence-electron chi connectivity index (χ0n) is 16.0. The van der Waals surface area contributed by atoms with E-state index in [2.05, 4.69) is 4.98 Å². The van der Waals surface area contributed by atoms with Crippen LogP contribution in [0.25, 0.3) is 0 Å². The number of amides is 2. The van der Waals surface area contributed by atoms with Crippen LogP contribution in [-0.2, 0) is 0 Å². The summed E-state index contributed by atoms with van der Waals surface area (Å²) in [5.74, 6) is 0.337. The third kappa shape index (κ3) is 3.53. The molecule has 2 fully saturated rings. The maximum Gasteiger partial charge on any atom is 0.276 e. The number of likely N-dealkylation sites (tertiary alicyclic amines) is 2. The van der Waals surface area contributed by atoms with E-state index in [1.165, 1.54) is 12.1 Å². The quantitative estimate of drug-likeness (QED) is 0.812. The van der Waals surface area contributed by atoms with E-state index in [1.54, 1.807) is 24.0 Å². The van der Waals surface area contributed by atoms with Gasteiger partial charge < -0.3 is 14.2 Å². The van der Waals surface area contributed by atoms with E-state index in [1.807, 2.05) is 4.90 Å². The molecule has 0 N–H and O–H groups in total. The van der Waals surface area contributed by atoms with Crippen molar-refractivity contribution in [2.45, 2.75) is 38.5 Å². The fourth-order valence-corrected chi connectivity index (χ4v) is 3.99. The Balaban J connectivity index is 1.41. The molecule has 2 aliphatic heterocycles. The highest BCUT2D eigenvalue weighted by molar-refractivity contribution is 5.94. The molecular formula is C21H24FN3O3. The van der Waals surface area contributed by atoms with E-state index >= 15 is 0 Å². The predicted octanol–water partition coefficient (Wildman–Crippen LogP) is 3.38. The van der Waals surface area contributed by atoms with E-state index in [-0.39, 0.29) is 23.3 Å². The first-order valence-electron chi connectivity index (χ1n) is 9.85. The molecule has 0 spiro atoms. The number of rotatable bonds is 3. The van der Waals surface area contributed by atoms with Crippen molar-refractivity contribution in [1.29, 1.82) is 0 Å². The monoisotopic (exact) mass is 385 g/mol. The number of aromatic nitrogens is 1. The van der Waals surface area contributed by atoms with Crippen LogP contribution in [0.4, 0.5) is 4.39 Å². The third-order valence-corrected chi connectivity index (χ3v) is 5.64. The molecule has 2 amide bonds. The van der Waals surface area contributed by atoms with Crippen LogP contribution in [0.1, 0.15) is 64.1 Å². The molecule has 3 heterocycles. The van der Waals surface area contributed by atoms with Crippen LogP contribution in [0.5, 0.6) is 0 Å². The average molecular weight is 385 g/mol. The number of hydrogen-bond donors (Lipinski definition) is 0. The maximum absolute atomic E-state index is 13.9. The second-order valence-electron chi connectivity index (χ2n) is 7.50. The molecule has 2 saturated heterocycles. The summed E-state index contributed by atoms with van der Waals surface area (Å²) in [5.41, 5.74) is 0.508. The number of oxazole rings is 1. The van der Waals surface area contributed by atoms with Gasteiger partial charge in [-0.1, -0.05) is 12.1 Å². The number of nitrogens with zero attached hydrogens (tertiary/aromatic N) is 3. The summed E-state index contributed by atoms with van der Waals surface area (Å²) in [7, 11) is 0. The Morgan fingerprint density at radius 3 is 2.36 bits per heavy atom. The van der Waals surface area contributed by atoms with Crippen LogP contribution >= 0.6 is 0 Å². The van der Waals surface area contributed by atoms with Gasteiger partial charge in [-0.3, -0.25) is 9.59 Å². The molecule has 7 heteroatoms. The summed E-state index contributed by atoms with van der Waals surface area (Å²) in [6.07, 6.45) is 3.42. The van der Waals surface area contributed by atoms with Crippen molar-refractivity contribution in [1.82, 2.24) is 14.8 Å².